The molecule has 1 aromatic carbocycles. The first-order valence-corrected chi connectivity index (χ1v) is 10.6. The van der Waals surface area contributed by atoms with E-state index < -0.39 is 0 Å². The lowest BCUT2D eigenvalue weighted by molar-refractivity contribution is 0.125. The van der Waals surface area contributed by atoms with E-state index in [0.29, 0.717) is 5.92 Å². The van der Waals surface area contributed by atoms with Gasteiger partial charge >= 0.3 is 0 Å². The van der Waals surface area contributed by atoms with Gasteiger partial charge in [0.2, 0.25) is 0 Å². The molecular weight excluding hydrogens is 350 g/mol. The number of methoxy groups -OCH3 is 1. The second-order valence-electron chi connectivity index (χ2n) is 7.70. The quantitative estimate of drug-likeness (QED) is 0.519. The van der Waals surface area contributed by atoms with Crippen molar-refractivity contribution in [2.45, 2.75) is 27.3 Å². The van der Waals surface area contributed by atoms with Crippen LogP contribution >= 0.6 is 0 Å². The van der Waals surface area contributed by atoms with Gasteiger partial charge in [-0.05, 0) is 25.5 Å². The monoisotopic (exact) mass is 389 g/mol. The SMILES string of the molecule is CCNC(=NCC(C)CN1CCN(CC)CC1)N(C)Cc1ccccc1OC. The summed E-state index contributed by atoms with van der Waals surface area (Å²) in [7, 11) is 3.81. The summed E-state index contributed by atoms with van der Waals surface area (Å²) in [6.45, 7) is 16.2. The molecule has 1 aliphatic heterocycles. The van der Waals surface area contributed by atoms with Crippen molar-refractivity contribution < 1.29 is 4.74 Å². The van der Waals surface area contributed by atoms with Crippen molar-refractivity contribution in [2.24, 2.45) is 10.9 Å². The van der Waals surface area contributed by atoms with E-state index in [1.54, 1.807) is 7.11 Å². The van der Waals surface area contributed by atoms with Crippen molar-refractivity contribution in [3.05, 3.63) is 29.8 Å². The number of rotatable bonds is 9. The summed E-state index contributed by atoms with van der Waals surface area (Å²) in [5.74, 6) is 2.42. The van der Waals surface area contributed by atoms with Gasteiger partial charge in [0.1, 0.15) is 5.75 Å². The van der Waals surface area contributed by atoms with Crippen molar-refractivity contribution >= 4 is 5.96 Å². The number of nitrogens with zero attached hydrogens (tertiary/aromatic N) is 4. The molecule has 6 nitrogen and oxygen atoms in total. The van der Waals surface area contributed by atoms with Gasteiger partial charge in [0.15, 0.2) is 5.96 Å². The van der Waals surface area contributed by atoms with E-state index in [0.717, 1.165) is 44.4 Å². The first-order valence-electron chi connectivity index (χ1n) is 10.6. The number of hydrogen-bond donors (Lipinski definition) is 1. The van der Waals surface area contributed by atoms with Crippen LogP contribution in [0.4, 0.5) is 0 Å². The minimum atomic E-state index is 0.543. The van der Waals surface area contributed by atoms with Crippen LogP contribution in [-0.4, -0.2) is 87.2 Å². The van der Waals surface area contributed by atoms with Crippen molar-refractivity contribution in [2.75, 3.05) is 66.5 Å². The normalized spacial score (nSPS) is 17.4. The smallest absolute Gasteiger partial charge is 0.193 e. The zero-order valence-electron chi connectivity index (χ0n) is 18.4. The number of nitrogens with one attached hydrogen (secondary N) is 1. The molecule has 1 atom stereocenters. The van der Waals surface area contributed by atoms with Crippen LogP contribution in [-0.2, 0) is 6.54 Å². The number of hydrogen-bond acceptors (Lipinski definition) is 4. The zero-order chi connectivity index (χ0) is 20.4. The molecule has 1 heterocycles. The molecule has 28 heavy (non-hydrogen) atoms. The first kappa shape index (κ1) is 22.5. The molecule has 0 radical (unpaired) electrons. The Kier molecular flexibility index (Phi) is 9.58. The number of likely N-dealkylation sites (N-methyl/N-ethyl adjacent to an activating group) is 1. The maximum absolute atomic E-state index is 5.49. The second kappa shape index (κ2) is 11.9. The number of para-hydroxylation sites is 1. The van der Waals surface area contributed by atoms with E-state index in [1.807, 2.05) is 12.1 Å². The van der Waals surface area contributed by atoms with Crippen LogP contribution in [0.25, 0.3) is 0 Å². The third kappa shape index (κ3) is 6.99. The Balaban J connectivity index is 1.89. The molecule has 0 aliphatic carbocycles. The summed E-state index contributed by atoms with van der Waals surface area (Å²) in [6.07, 6.45) is 0. The van der Waals surface area contributed by atoms with Crippen LogP contribution in [0.15, 0.2) is 29.3 Å². The minimum Gasteiger partial charge on any atom is -0.496 e. The molecule has 1 saturated heterocycles. The van der Waals surface area contributed by atoms with Gasteiger partial charge in [0.25, 0.3) is 0 Å². The summed E-state index contributed by atoms with van der Waals surface area (Å²) in [5.41, 5.74) is 1.17. The van der Waals surface area contributed by atoms with Gasteiger partial charge < -0.3 is 24.8 Å². The number of piperazine rings is 1. The molecule has 1 unspecified atom stereocenters. The predicted octanol–water partition coefficient (Wildman–Crippen LogP) is 2.37. The fourth-order valence-corrected chi connectivity index (χ4v) is 3.66. The highest BCUT2D eigenvalue weighted by Crippen LogP contribution is 2.18. The van der Waals surface area contributed by atoms with Crippen LogP contribution in [0, 0.1) is 5.92 Å². The van der Waals surface area contributed by atoms with Crippen LogP contribution < -0.4 is 10.1 Å². The molecule has 0 spiro atoms. The van der Waals surface area contributed by atoms with E-state index >= 15 is 0 Å². The summed E-state index contributed by atoms with van der Waals surface area (Å²) < 4.78 is 5.49. The molecule has 1 fully saturated rings. The van der Waals surface area contributed by atoms with Gasteiger partial charge in [-0.3, -0.25) is 4.99 Å². The van der Waals surface area contributed by atoms with Gasteiger partial charge in [-0.15, -0.1) is 0 Å². The highest BCUT2D eigenvalue weighted by molar-refractivity contribution is 5.79. The summed E-state index contributed by atoms with van der Waals surface area (Å²) in [4.78, 5) is 12.2. The molecule has 1 aliphatic rings. The Morgan fingerprint density at radius 1 is 1.18 bits per heavy atom. The van der Waals surface area contributed by atoms with Crippen LogP contribution in [0.3, 0.4) is 0 Å². The molecule has 0 aromatic heterocycles. The average molecular weight is 390 g/mol. The highest BCUT2D eigenvalue weighted by atomic mass is 16.5. The largest absolute Gasteiger partial charge is 0.496 e. The Bertz CT molecular complexity index is 598. The molecule has 1 aromatic rings. The van der Waals surface area contributed by atoms with Crippen LogP contribution in [0.5, 0.6) is 5.75 Å². The molecule has 6 heteroatoms. The third-order valence-electron chi connectivity index (χ3n) is 5.33. The van der Waals surface area contributed by atoms with E-state index in [2.05, 4.69) is 60.0 Å². The van der Waals surface area contributed by atoms with Gasteiger partial charge in [-0.2, -0.15) is 0 Å². The van der Waals surface area contributed by atoms with Crippen molar-refractivity contribution in [3.63, 3.8) is 0 Å². The van der Waals surface area contributed by atoms with Crippen LogP contribution in [0.1, 0.15) is 26.3 Å². The second-order valence-corrected chi connectivity index (χ2v) is 7.70. The van der Waals surface area contributed by atoms with E-state index in [-0.39, 0.29) is 0 Å². The standard InChI is InChI=1S/C22H39N5O/c1-6-23-22(25(4)18-20-10-8-9-11-21(20)28-5)24-16-19(3)17-27-14-12-26(7-2)13-15-27/h8-11,19H,6-7,12-18H2,1-5H3,(H,23,24). The average Bonchev–Trinajstić information content (AvgIpc) is 2.72. The van der Waals surface area contributed by atoms with Crippen molar-refractivity contribution in [1.82, 2.24) is 20.0 Å². The molecule has 0 saturated carbocycles. The fraction of sp³-hybridized carbons (Fsp3) is 0.682. The number of benzene rings is 1. The van der Waals surface area contributed by atoms with Gasteiger partial charge in [0, 0.05) is 65.0 Å². The van der Waals surface area contributed by atoms with E-state index in [9.17, 15) is 0 Å². The molecule has 0 bridgehead atoms. The first-order chi connectivity index (χ1) is 13.6. The summed E-state index contributed by atoms with van der Waals surface area (Å²) in [6, 6.07) is 8.17. The predicted molar refractivity (Wildman–Crippen MR) is 118 cm³/mol. The lowest BCUT2D eigenvalue weighted by atomic mass is 10.1. The van der Waals surface area contributed by atoms with Crippen molar-refractivity contribution in [1.29, 1.82) is 0 Å². The van der Waals surface area contributed by atoms with E-state index in [1.165, 1.54) is 31.7 Å². The lowest BCUT2D eigenvalue weighted by Crippen LogP contribution is -2.47. The summed E-state index contributed by atoms with van der Waals surface area (Å²) in [5, 5.41) is 3.43. The van der Waals surface area contributed by atoms with Crippen LogP contribution in [0.2, 0.25) is 0 Å². The maximum Gasteiger partial charge on any atom is 0.193 e. The third-order valence-corrected chi connectivity index (χ3v) is 5.33. The fourth-order valence-electron chi connectivity index (χ4n) is 3.66. The van der Waals surface area contributed by atoms with Crippen molar-refractivity contribution in [3.8, 4) is 5.75 Å². The highest BCUT2D eigenvalue weighted by Gasteiger charge is 2.17. The number of guanidine groups is 1. The van der Waals surface area contributed by atoms with E-state index in [4.69, 9.17) is 9.73 Å². The molecule has 158 valence electrons. The zero-order valence-corrected chi connectivity index (χ0v) is 18.4. The Hall–Kier alpha value is -1.79. The molecule has 2 rings (SSSR count). The Labute approximate surface area is 171 Å². The summed E-state index contributed by atoms with van der Waals surface area (Å²) >= 11 is 0. The number of aliphatic imine (C=N–C) groups is 1. The number of ether oxygens (including phenoxy) is 1. The topological polar surface area (TPSA) is 43.3 Å². The maximum atomic E-state index is 5.49. The Morgan fingerprint density at radius 2 is 1.86 bits per heavy atom. The van der Waals surface area contributed by atoms with Gasteiger partial charge in [0.05, 0.1) is 7.11 Å². The lowest BCUT2D eigenvalue weighted by Gasteiger charge is -2.35. The van der Waals surface area contributed by atoms with Gasteiger partial charge in [-0.1, -0.05) is 32.0 Å². The van der Waals surface area contributed by atoms with Gasteiger partial charge in [-0.25, -0.2) is 0 Å². The Morgan fingerprint density at radius 3 is 2.50 bits per heavy atom. The molecule has 1 N–H and O–H groups in total. The molecular formula is C22H39N5O. The molecule has 0 amide bonds. The minimum absolute atomic E-state index is 0.543.